The molecule has 0 bridgehead atoms. The number of halogens is 1. The maximum atomic E-state index is 13.5. The van der Waals surface area contributed by atoms with Gasteiger partial charge in [0.05, 0.1) is 45.1 Å². The minimum Gasteiger partial charge on any atom is -0.497 e. The zero-order valence-electron chi connectivity index (χ0n) is 17.3. The number of carbonyl (C=O) groups excluding carboxylic acids is 1. The maximum Gasteiger partial charge on any atom is 0.291 e. The summed E-state index contributed by atoms with van der Waals surface area (Å²) >= 11 is 0. The highest BCUT2D eigenvalue weighted by Gasteiger charge is 2.13. The lowest BCUT2D eigenvalue weighted by atomic mass is 10.1. The van der Waals surface area contributed by atoms with Crippen molar-refractivity contribution in [2.45, 2.75) is 6.92 Å². The number of hydrogen-bond donors (Lipinski definition) is 1. The van der Waals surface area contributed by atoms with Crippen LogP contribution in [0.1, 0.15) is 23.0 Å². The van der Waals surface area contributed by atoms with Crippen molar-refractivity contribution in [3.05, 3.63) is 65.9 Å². The number of nitrogens with zero attached hydrogens (tertiary/aromatic N) is 3. The predicted molar refractivity (Wildman–Crippen MR) is 113 cm³/mol. The molecule has 2 aromatic carbocycles. The van der Waals surface area contributed by atoms with Gasteiger partial charge in [-0.15, -0.1) is 0 Å². The van der Waals surface area contributed by atoms with E-state index in [1.54, 1.807) is 24.3 Å². The molecule has 160 valence electrons. The average molecular weight is 424 g/mol. The first kappa shape index (κ1) is 21.7. The standard InChI is InChI=1S/C22H21FN4O4/c1-4-31-16-5-6-18(21(10-16)30-3)19-12-24-13-20(26-19)22(28)27-25-11-14-7-15(23)9-17(8-14)29-2/h5-13H,4H2,1-3H3,(H,27,28)/b25-11+. The molecule has 3 rings (SSSR count). The summed E-state index contributed by atoms with van der Waals surface area (Å²) in [6, 6.07) is 9.39. The van der Waals surface area contributed by atoms with Crippen LogP contribution in [0.2, 0.25) is 0 Å². The third-order valence-electron chi connectivity index (χ3n) is 4.14. The Hall–Kier alpha value is -4.01. The molecule has 0 spiro atoms. The molecular formula is C22H21FN4O4. The molecule has 0 saturated carbocycles. The predicted octanol–water partition coefficient (Wildman–Crippen LogP) is 3.46. The van der Waals surface area contributed by atoms with E-state index in [1.807, 2.05) is 6.92 Å². The van der Waals surface area contributed by atoms with Crippen molar-refractivity contribution < 1.29 is 23.4 Å². The molecule has 0 unspecified atom stereocenters. The molecule has 0 fully saturated rings. The molecule has 1 amide bonds. The summed E-state index contributed by atoms with van der Waals surface area (Å²) in [5.74, 6) is 0.494. The lowest BCUT2D eigenvalue weighted by Crippen LogP contribution is -2.19. The molecule has 0 aliphatic heterocycles. The van der Waals surface area contributed by atoms with E-state index in [1.165, 1.54) is 45.0 Å². The zero-order valence-corrected chi connectivity index (χ0v) is 17.3. The summed E-state index contributed by atoms with van der Waals surface area (Å²) in [6.07, 6.45) is 4.15. The van der Waals surface area contributed by atoms with E-state index in [2.05, 4.69) is 20.5 Å². The number of aromatic nitrogens is 2. The zero-order chi connectivity index (χ0) is 22.2. The van der Waals surface area contributed by atoms with Crippen LogP contribution in [0.15, 0.2) is 53.9 Å². The number of carbonyl (C=O) groups is 1. The van der Waals surface area contributed by atoms with Crippen LogP contribution in [0, 0.1) is 5.82 Å². The van der Waals surface area contributed by atoms with Gasteiger partial charge in [-0.1, -0.05) is 0 Å². The molecule has 0 radical (unpaired) electrons. The van der Waals surface area contributed by atoms with E-state index < -0.39 is 11.7 Å². The third-order valence-corrected chi connectivity index (χ3v) is 4.14. The topological polar surface area (TPSA) is 94.9 Å². The second kappa shape index (κ2) is 10.1. The first-order valence-corrected chi connectivity index (χ1v) is 9.35. The lowest BCUT2D eigenvalue weighted by molar-refractivity contribution is 0.0950. The minimum atomic E-state index is -0.570. The number of hydrazone groups is 1. The van der Waals surface area contributed by atoms with E-state index in [-0.39, 0.29) is 5.69 Å². The van der Waals surface area contributed by atoms with Gasteiger partial charge in [-0.25, -0.2) is 14.8 Å². The molecule has 8 nitrogen and oxygen atoms in total. The van der Waals surface area contributed by atoms with E-state index in [9.17, 15) is 9.18 Å². The van der Waals surface area contributed by atoms with Crippen LogP contribution in [-0.2, 0) is 0 Å². The summed E-state index contributed by atoms with van der Waals surface area (Å²) < 4.78 is 29.4. The fourth-order valence-electron chi connectivity index (χ4n) is 2.74. The molecule has 3 aromatic rings. The van der Waals surface area contributed by atoms with Crippen molar-refractivity contribution >= 4 is 12.1 Å². The number of methoxy groups -OCH3 is 2. The molecule has 31 heavy (non-hydrogen) atoms. The Labute approximate surface area is 178 Å². The van der Waals surface area contributed by atoms with Gasteiger partial charge in [0.1, 0.15) is 28.8 Å². The number of hydrogen-bond acceptors (Lipinski definition) is 7. The molecule has 1 heterocycles. The Kier molecular flexibility index (Phi) is 7.10. The quantitative estimate of drug-likeness (QED) is 0.440. The smallest absolute Gasteiger partial charge is 0.291 e. The summed E-state index contributed by atoms with van der Waals surface area (Å²) in [5, 5.41) is 3.85. The van der Waals surface area contributed by atoms with Gasteiger partial charge < -0.3 is 14.2 Å². The Balaban J connectivity index is 1.77. The van der Waals surface area contributed by atoms with Gasteiger partial charge in [0, 0.05) is 23.3 Å². The normalized spacial score (nSPS) is 10.7. The molecule has 0 saturated heterocycles. The number of ether oxygens (including phenoxy) is 3. The van der Waals surface area contributed by atoms with Crippen LogP contribution >= 0.6 is 0 Å². The Morgan fingerprint density at radius 3 is 2.71 bits per heavy atom. The van der Waals surface area contributed by atoms with Crippen molar-refractivity contribution in [3.63, 3.8) is 0 Å². The van der Waals surface area contributed by atoms with Crippen molar-refractivity contribution in [3.8, 4) is 28.5 Å². The van der Waals surface area contributed by atoms with Crippen LogP contribution in [0.4, 0.5) is 4.39 Å². The van der Waals surface area contributed by atoms with Crippen LogP contribution < -0.4 is 19.6 Å². The van der Waals surface area contributed by atoms with Crippen molar-refractivity contribution in [2.75, 3.05) is 20.8 Å². The second-order valence-electron chi connectivity index (χ2n) is 6.21. The summed E-state index contributed by atoms with van der Waals surface area (Å²) in [7, 11) is 2.97. The van der Waals surface area contributed by atoms with E-state index in [0.717, 1.165) is 0 Å². The first-order valence-electron chi connectivity index (χ1n) is 9.35. The molecule has 0 aliphatic carbocycles. The Morgan fingerprint density at radius 2 is 1.97 bits per heavy atom. The summed E-state index contributed by atoms with van der Waals surface area (Å²) in [4.78, 5) is 20.9. The second-order valence-corrected chi connectivity index (χ2v) is 6.21. The first-order chi connectivity index (χ1) is 15.0. The highest BCUT2D eigenvalue weighted by molar-refractivity contribution is 5.93. The van der Waals surface area contributed by atoms with Crippen molar-refractivity contribution in [1.29, 1.82) is 0 Å². The molecule has 1 aromatic heterocycles. The monoisotopic (exact) mass is 424 g/mol. The van der Waals surface area contributed by atoms with Gasteiger partial charge >= 0.3 is 0 Å². The number of benzene rings is 2. The maximum absolute atomic E-state index is 13.5. The van der Waals surface area contributed by atoms with Crippen molar-refractivity contribution in [1.82, 2.24) is 15.4 Å². The van der Waals surface area contributed by atoms with Crippen molar-refractivity contribution in [2.24, 2.45) is 5.10 Å². The van der Waals surface area contributed by atoms with E-state index in [4.69, 9.17) is 14.2 Å². The molecule has 1 N–H and O–H groups in total. The van der Waals surface area contributed by atoms with Crippen LogP contribution in [-0.4, -0.2) is 42.9 Å². The van der Waals surface area contributed by atoms with Gasteiger partial charge in [0.25, 0.3) is 5.91 Å². The lowest BCUT2D eigenvalue weighted by Gasteiger charge is -2.11. The average Bonchev–Trinajstić information content (AvgIpc) is 2.78. The third kappa shape index (κ3) is 5.53. The molecule has 9 heteroatoms. The van der Waals surface area contributed by atoms with E-state index >= 15 is 0 Å². The van der Waals surface area contributed by atoms with Crippen LogP contribution in [0.25, 0.3) is 11.3 Å². The van der Waals surface area contributed by atoms with Gasteiger partial charge in [0.15, 0.2) is 0 Å². The van der Waals surface area contributed by atoms with Gasteiger partial charge in [-0.2, -0.15) is 5.10 Å². The highest BCUT2D eigenvalue weighted by Crippen LogP contribution is 2.32. The largest absolute Gasteiger partial charge is 0.497 e. The minimum absolute atomic E-state index is 0.0578. The number of nitrogens with one attached hydrogen (secondary N) is 1. The van der Waals surface area contributed by atoms with Crippen LogP contribution in [0.5, 0.6) is 17.2 Å². The fraction of sp³-hybridized carbons (Fsp3) is 0.182. The SMILES string of the molecule is CCOc1ccc(-c2cncc(C(=O)N/N=C/c3cc(F)cc(OC)c3)n2)c(OC)c1. The number of amides is 1. The fourth-order valence-corrected chi connectivity index (χ4v) is 2.74. The summed E-state index contributed by atoms with van der Waals surface area (Å²) in [5.41, 5.74) is 3.94. The van der Waals surface area contributed by atoms with Gasteiger partial charge in [-0.05, 0) is 31.2 Å². The highest BCUT2D eigenvalue weighted by atomic mass is 19.1. The summed E-state index contributed by atoms with van der Waals surface area (Å²) in [6.45, 7) is 2.42. The van der Waals surface area contributed by atoms with Gasteiger partial charge in [0.2, 0.25) is 0 Å². The molecular weight excluding hydrogens is 403 g/mol. The van der Waals surface area contributed by atoms with Crippen LogP contribution in [0.3, 0.4) is 0 Å². The van der Waals surface area contributed by atoms with E-state index in [0.29, 0.717) is 40.7 Å². The molecule has 0 atom stereocenters. The Morgan fingerprint density at radius 1 is 1.13 bits per heavy atom. The Bertz CT molecular complexity index is 1100. The van der Waals surface area contributed by atoms with Gasteiger partial charge in [-0.3, -0.25) is 9.78 Å². The number of rotatable bonds is 8. The molecule has 0 aliphatic rings.